The Morgan fingerprint density at radius 3 is 2.59 bits per heavy atom. The number of imidazole rings is 1. The minimum absolute atomic E-state index is 0.114. The highest BCUT2D eigenvalue weighted by Crippen LogP contribution is 2.32. The molecule has 1 atom stereocenters. The number of ether oxygens (including phenoxy) is 1. The fourth-order valence-corrected chi connectivity index (χ4v) is 2.80. The number of hydrogen-bond acceptors (Lipinski definition) is 6. The molecule has 0 spiro atoms. The summed E-state index contributed by atoms with van der Waals surface area (Å²) < 4.78 is 6.49. The molecular formula is C19H18N4O4. The molecule has 138 valence electrons. The van der Waals surface area contributed by atoms with E-state index in [9.17, 15) is 14.9 Å². The zero-order valence-corrected chi connectivity index (χ0v) is 14.8. The Labute approximate surface area is 155 Å². The summed E-state index contributed by atoms with van der Waals surface area (Å²) >= 11 is 0. The SMILES string of the molecule is COC(=O)c1ccc(NC(c2ccccc2)c2nccn2C)c([N+](=O)[O-])c1. The molecule has 0 bridgehead atoms. The Kier molecular flexibility index (Phi) is 5.16. The predicted molar refractivity (Wildman–Crippen MR) is 99.6 cm³/mol. The number of nitrogens with zero attached hydrogens (tertiary/aromatic N) is 3. The second-order valence-corrected chi connectivity index (χ2v) is 5.86. The number of nitrogens with one attached hydrogen (secondary N) is 1. The van der Waals surface area contributed by atoms with Crippen LogP contribution < -0.4 is 5.32 Å². The maximum absolute atomic E-state index is 11.7. The molecule has 1 N–H and O–H groups in total. The Morgan fingerprint density at radius 1 is 1.26 bits per heavy atom. The number of aryl methyl sites for hydroxylation is 1. The van der Waals surface area contributed by atoms with Gasteiger partial charge in [-0.15, -0.1) is 0 Å². The quantitative estimate of drug-likeness (QED) is 0.408. The number of rotatable bonds is 6. The van der Waals surface area contributed by atoms with Gasteiger partial charge in [0.15, 0.2) is 0 Å². The zero-order valence-electron chi connectivity index (χ0n) is 14.8. The van der Waals surface area contributed by atoms with Crippen molar-refractivity contribution >= 4 is 17.3 Å². The van der Waals surface area contributed by atoms with Crippen LogP contribution in [0.3, 0.4) is 0 Å². The van der Waals surface area contributed by atoms with E-state index in [0.29, 0.717) is 5.82 Å². The van der Waals surface area contributed by atoms with Crippen LogP contribution in [0.5, 0.6) is 0 Å². The third kappa shape index (κ3) is 3.79. The van der Waals surface area contributed by atoms with Crippen LogP contribution in [0.2, 0.25) is 0 Å². The summed E-state index contributed by atoms with van der Waals surface area (Å²) in [5, 5.41) is 14.7. The highest BCUT2D eigenvalue weighted by atomic mass is 16.6. The first-order valence-corrected chi connectivity index (χ1v) is 8.16. The predicted octanol–water partition coefficient (Wildman–Crippen LogP) is 3.32. The van der Waals surface area contributed by atoms with Crippen LogP contribution in [0.15, 0.2) is 60.9 Å². The van der Waals surface area contributed by atoms with Gasteiger partial charge in [-0.05, 0) is 17.7 Å². The van der Waals surface area contributed by atoms with E-state index in [1.807, 2.05) is 48.1 Å². The lowest BCUT2D eigenvalue weighted by Gasteiger charge is -2.20. The van der Waals surface area contributed by atoms with Gasteiger partial charge < -0.3 is 14.6 Å². The normalized spacial score (nSPS) is 11.6. The molecule has 3 rings (SSSR count). The molecule has 0 saturated heterocycles. The minimum Gasteiger partial charge on any atom is -0.465 e. The molecule has 0 amide bonds. The van der Waals surface area contributed by atoms with Gasteiger partial charge in [0, 0.05) is 25.5 Å². The van der Waals surface area contributed by atoms with Crippen molar-refractivity contribution in [3.8, 4) is 0 Å². The lowest BCUT2D eigenvalue weighted by molar-refractivity contribution is -0.384. The summed E-state index contributed by atoms with van der Waals surface area (Å²) in [7, 11) is 3.08. The van der Waals surface area contributed by atoms with Crippen molar-refractivity contribution in [2.75, 3.05) is 12.4 Å². The highest BCUT2D eigenvalue weighted by Gasteiger charge is 2.24. The number of methoxy groups -OCH3 is 1. The Balaban J connectivity index is 2.05. The molecule has 1 aromatic heterocycles. The van der Waals surface area contributed by atoms with Crippen molar-refractivity contribution in [1.29, 1.82) is 0 Å². The zero-order chi connectivity index (χ0) is 19.4. The van der Waals surface area contributed by atoms with Gasteiger partial charge in [0.25, 0.3) is 5.69 Å². The van der Waals surface area contributed by atoms with Gasteiger partial charge >= 0.3 is 5.97 Å². The molecule has 0 aliphatic rings. The third-order valence-electron chi connectivity index (χ3n) is 4.16. The van der Waals surface area contributed by atoms with Gasteiger partial charge in [-0.3, -0.25) is 10.1 Å². The first-order valence-electron chi connectivity index (χ1n) is 8.16. The van der Waals surface area contributed by atoms with Crippen LogP contribution in [0.1, 0.15) is 27.8 Å². The van der Waals surface area contributed by atoms with Crippen molar-refractivity contribution in [2.45, 2.75) is 6.04 Å². The van der Waals surface area contributed by atoms with Crippen LogP contribution in [0.25, 0.3) is 0 Å². The maximum atomic E-state index is 11.7. The number of nitro groups is 1. The number of benzene rings is 2. The van der Waals surface area contributed by atoms with E-state index in [1.54, 1.807) is 6.20 Å². The fourth-order valence-electron chi connectivity index (χ4n) is 2.80. The van der Waals surface area contributed by atoms with E-state index in [4.69, 9.17) is 0 Å². The van der Waals surface area contributed by atoms with Gasteiger partial charge in [-0.25, -0.2) is 9.78 Å². The standard InChI is InChI=1S/C19H18N4O4/c1-22-11-10-20-18(22)17(13-6-4-3-5-7-13)21-15-9-8-14(19(24)27-2)12-16(15)23(25)26/h3-12,17,21H,1-2H3. The van der Waals surface area contributed by atoms with Crippen LogP contribution in [-0.4, -0.2) is 27.6 Å². The van der Waals surface area contributed by atoms with E-state index in [0.717, 1.165) is 5.56 Å². The molecule has 0 aliphatic carbocycles. The molecule has 1 heterocycles. The molecule has 8 heteroatoms. The second-order valence-electron chi connectivity index (χ2n) is 5.86. The summed E-state index contributed by atoms with van der Waals surface area (Å²) in [6, 6.07) is 13.3. The van der Waals surface area contributed by atoms with Gasteiger partial charge in [-0.1, -0.05) is 30.3 Å². The first-order chi connectivity index (χ1) is 13.0. The monoisotopic (exact) mass is 366 g/mol. The summed E-state index contributed by atoms with van der Waals surface area (Å²) in [6.07, 6.45) is 3.48. The summed E-state index contributed by atoms with van der Waals surface area (Å²) in [5.74, 6) is 0.0703. The van der Waals surface area contributed by atoms with Crippen molar-refractivity contribution < 1.29 is 14.5 Å². The maximum Gasteiger partial charge on any atom is 0.338 e. The number of nitro benzene ring substituents is 1. The molecule has 27 heavy (non-hydrogen) atoms. The molecule has 2 aromatic carbocycles. The molecule has 0 aliphatic heterocycles. The summed E-state index contributed by atoms with van der Waals surface area (Å²) in [6.45, 7) is 0. The molecule has 0 fully saturated rings. The van der Waals surface area contributed by atoms with E-state index in [1.165, 1.54) is 25.3 Å². The van der Waals surface area contributed by atoms with E-state index in [2.05, 4.69) is 15.0 Å². The van der Waals surface area contributed by atoms with Crippen molar-refractivity contribution in [3.05, 3.63) is 88.0 Å². The minimum atomic E-state index is -0.631. The molecule has 3 aromatic rings. The highest BCUT2D eigenvalue weighted by molar-refractivity contribution is 5.91. The Morgan fingerprint density at radius 2 is 2.00 bits per heavy atom. The van der Waals surface area contributed by atoms with Crippen LogP contribution in [0, 0.1) is 10.1 Å². The van der Waals surface area contributed by atoms with Gasteiger partial charge in [0.05, 0.1) is 17.6 Å². The average molecular weight is 366 g/mol. The number of aromatic nitrogens is 2. The van der Waals surface area contributed by atoms with E-state index < -0.39 is 16.9 Å². The van der Waals surface area contributed by atoms with Gasteiger partial charge in [-0.2, -0.15) is 0 Å². The number of esters is 1. The third-order valence-corrected chi connectivity index (χ3v) is 4.16. The lowest BCUT2D eigenvalue weighted by Crippen LogP contribution is -2.17. The molecular weight excluding hydrogens is 348 g/mol. The van der Waals surface area contributed by atoms with Crippen LogP contribution >= 0.6 is 0 Å². The van der Waals surface area contributed by atoms with E-state index in [-0.39, 0.29) is 16.9 Å². The number of anilines is 1. The average Bonchev–Trinajstić information content (AvgIpc) is 3.11. The topological polar surface area (TPSA) is 99.3 Å². The van der Waals surface area contributed by atoms with Crippen molar-refractivity contribution in [3.63, 3.8) is 0 Å². The molecule has 0 saturated carbocycles. The summed E-state index contributed by atoms with van der Waals surface area (Å²) in [5.41, 5.74) is 1.08. The van der Waals surface area contributed by atoms with Crippen LogP contribution in [0.4, 0.5) is 11.4 Å². The van der Waals surface area contributed by atoms with Crippen molar-refractivity contribution in [2.24, 2.45) is 7.05 Å². The molecule has 8 nitrogen and oxygen atoms in total. The largest absolute Gasteiger partial charge is 0.465 e. The molecule has 0 radical (unpaired) electrons. The second kappa shape index (κ2) is 7.69. The van der Waals surface area contributed by atoms with Gasteiger partial charge in [0.2, 0.25) is 0 Å². The Bertz CT molecular complexity index is 969. The molecule has 1 unspecified atom stereocenters. The Hall–Kier alpha value is -3.68. The van der Waals surface area contributed by atoms with Gasteiger partial charge in [0.1, 0.15) is 17.6 Å². The fraction of sp³-hybridized carbons (Fsp3) is 0.158. The lowest BCUT2D eigenvalue weighted by atomic mass is 10.0. The first kappa shape index (κ1) is 18.1. The van der Waals surface area contributed by atoms with Crippen molar-refractivity contribution in [1.82, 2.24) is 9.55 Å². The summed E-state index contributed by atoms with van der Waals surface area (Å²) in [4.78, 5) is 27.1. The smallest absolute Gasteiger partial charge is 0.338 e. The number of hydrogen-bond donors (Lipinski definition) is 1. The van der Waals surface area contributed by atoms with E-state index >= 15 is 0 Å². The number of carbonyl (C=O) groups is 1. The van der Waals surface area contributed by atoms with Crippen LogP contribution in [-0.2, 0) is 11.8 Å². The number of carbonyl (C=O) groups excluding carboxylic acids is 1.